The summed E-state index contributed by atoms with van der Waals surface area (Å²) < 4.78 is 10.9. The SMILES string of the molecule is CC1Cc2cc(/C=C(\C#N)C(=O)N3CCOCC3)ccc2O1. The molecule has 5 heteroatoms. The summed E-state index contributed by atoms with van der Waals surface area (Å²) in [5, 5.41) is 9.30. The van der Waals surface area contributed by atoms with Crippen LogP contribution in [0.2, 0.25) is 0 Å². The van der Waals surface area contributed by atoms with Gasteiger partial charge in [0.1, 0.15) is 23.5 Å². The predicted octanol–water partition coefficient (Wildman–Crippen LogP) is 1.78. The van der Waals surface area contributed by atoms with Crippen LogP contribution in [0.3, 0.4) is 0 Å². The highest BCUT2D eigenvalue weighted by molar-refractivity contribution is 6.01. The molecule has 0 saturated carbocycles. The second-order valence-electron chi connectivity index (χ2n) is 5.57. The van der Waals surface area contributed by atoms with Gasteiger partial charge in [0.2, 0.25) is 0 Å². The van der Waals surface area contributed by atoms with Crippen LogP contribution >= 0.6 is 0 Å². The first kappa shape index (κ1) is 14.6. The number of fused-ring (bicyclic) bond motifs is 1. The van der Waals surface area contributed by atoms with Crippen molar-refractivity contribution in [2.24, 2.45) is 0 Å². The van der Waals surface area contributed by atoms with Crippen LogP contribution in [-0.2, 0) is 16.0 Å². The normalized spacial score (nSPS) is 21.0. The molecule has 1 atom stereocenters. The molecule has 0 N–H and O–H groups in total. The number of carbonyl (C=O) groups excluding carboxylic acids is 1. The van der Waals surface area contributed by atoms with Crippen LogP contribution in [0.25, 0.3) is 6.08 Å². The summed E-state index contributed by atoms with van der Waals surface area (Å²) >= 11 is 0. The quantitative estimate of drug-likeness (QED) is 0.617. The average molecular weight is 298 g/mol. The van der Waals surface area contributed by atoms with Gasteiger partial charge in [-0.25, -0.2) is 0 Å². The fraction of sp³-hybridized carbons (Fsp3) is 0.412. The van der Waals surface area contributed by atoms with E-state index in [9.17, 15) is 10.1 Å². The van der Waals surface area contributed by atoms with Crippen LogP contribution in [0, 0.1) is 11.3 Å². The summed E-state index contributed by atoms with van der Waals surface area (Å²) in [7, 11) is 0. The highest BCUT2D eigenvalue weighted by atomic mass is 16.5. The summed E-state index contributed by atoms with van der Waals surface area (Å²) in [4.78, 5) is 14.0. The highest BCUT2D eigenvalue weighted by Crippen LogP contribution is 2.30. The van der Waals surface area contributed by atoms with E-state index in [1.54, 1.807) is 11.0 Å². The molecule has 2 aliphatic rings. The van der Waals surface area contributed by atoms with E-state index in [0.717, 1.165) is 23.3 Å². The number of hydrogen-bond acceptors (Lipinski definition) is 4. The van der Waals surface area contributed by atoms with Crippen molar-refractivity contribution in [3.05, 3.63) is 34.9 Å². The number of hydrogen-bond donors (Lipinski definition) is 0. The summed E-state index contributed by atoms with van der Waals surface area (Å²) in [6, 6.07) is 7.79. The lowest BCUT2D eigenvalue weighted by Gasteiger charge is -2.26. The third-order valence-corrected chi connectivity index (χ3v) is 3.88. The minimum Gasteiger partial charge on any atom is -0.490 e. The van der Waals surface area contributed by atoms with Crippen LogP contribution in [0.4, 0.5) is 0 Å². The van der Waals surface area contributed by atoms with Gasteiger partial charge in [0, 0.05) is 19.5 Å². The molecule has 0 spiro atoms. The maximum absolute atomic E-state index is 12.4. The average Bonchev–Trinajstić information content (AvgIpc) is 2.92. The lowest BCUT2D eigenvalue weighted by Crippen LogP contribution is -2.41. The largest absolute Gasteiger partial charge is 0.490 e. The number of nitriles is 1. The molecule has 0 aliphatic carbocycles. The van der Waals surface area contributed by atoms with E-state index in [4.69, 9.17) is 9.47 Å². The highest BCUT2D eigenvalue weighted by Gasteiger charge is 2.22. The number of rotatable bonds is 2. The molecule has 114 valence electrons. The number of morpholine rings is 1. The molecule has 1 aromatic rings. The van der Waals surface area contributed by atoms with Crippen molar-refractivity contribution in [1.29, 1.82) is 5.26 Å². The van der Waals surface area contributed by atoms with E-state index in [-0.39, 0.29) is 17.6 Å². The maximum Gasteiger partial charge on any atom is 0.264 e. The van der Waals surface area contributed by atoms with E-state index in [0.29, 0.717) is 26.3 Å². The summed E-state index contributed by atoms with van der Waals surface area (Å²) in [6.07, 6.45) is 2.69. The Labute approximate surface area is 129 Å². The smallest absolute Gasteiger partial charge is 0.264 e. The van der Waals surface area contributed by atoms with Crippen molar-refractivity contribution < 1.29 is 14.3 Å². The van der Waals surface area contributed by atoms with Gasteiger partial charge in [-0.1, -0.05) is 6.07 Å². The van der Waals surface area contributed by atoms with E-state index < -0.39 is 0 Å². The monoisotopic (exact) mass is 298 g/mol. The molecule has 2 aliphatic heterocycles. The molecule has 2 heterocycles. The molecule has 22 heavy (non-hydrogen) atoms. The van der Waals surface area contributed by atoms with Crippen LogP contribution in [-0.4, -0.2) is 43.2 Å². The molecule has 0 bridgehead atoms. The van der Waals surface area contributed by atoms with Gasteiger partial charge < -0.3 is 14.4 Å². The molecule has 1 fully saturated rings. The molecule has 1 unspecified atom stereocenters. The van der Waals surface area contributed by atoms with Crippen LogP contribution < -0.4 is 4.74 Å². The molecule has 5 nitrogen and oxygen atoms in total. The topological polar surface area (TPSA) is 62.6 Å². The second kappa shape index (κ2) is 6.20. The van der Waals surface area contributed by atoms with Crippen LogP contribution in [0.15, 0.2) is 23.8 Å². The Kier molecular flexibility index (Phi) is 4.12. The fourth-order valence-corrected chi connectivity index (χ4v) is 2.78. The van der Waals surface area contributed by atoms with E-state index >= 15 is 0 Å². The Morgan fingerprint density at radius 2 is 2.18 bits per heavy atom. The Balaban J connectivity index is 1.81. The van der Waals surface area contributed by atoms with Crippen LogP contribution in [0.5, 0.6) is 5.75 Å². The molecule has 1 amide bonds. The molecular weight excluding hydrogens is 280 g/mol. The molecule has 1 saturated heterocycles. The van der Waals surface area contributed by atoms with Crippen molar-refractivity contribution in [2.45, 2.75) is 19.4 Å². The molecular formula is C17H18N2O3. The maximum atomic E-state index is 12.4. The minimum atomic E-state index is -0.226. The van der Waals surface area contributed by atoms with Crippen molar-refractivity contribution in [1.82, 2.24) is 4.90 Å². The Hall–Kier alpha value is -2.32. The van der Waals surface area contributed by atoms with Crippen molar-refractivity contribution >= 4 is 12.0 Å². The number of nitrogens with zero attached hydrogens (tertiary/aromatic N) is 2. The van der Waals surface area contributed by atoms with Crippen molar-refractivity contribution in [2.75, 3.05) is 26.3 Å². The third kappa shape index (κ3) is 2.97. The number of ether oxygens (including phenoxy) is 2. The first-order valence-corrected chi connectivity index (χ1v) is 7.46. The van der Waals surface area contributed by atoms with Gasteiger partial charge in [0.25, 0.3) is 5.91 Å². The predicted molar refractivity (Wildman–Crippen MR) is 81.2 cm³/mol. The fourth-order valence-electron chi connectivity index (χ4n) is 2.78. The Morgan fingerprint density at radius 3 is 2.91 bits per heavy atom. The van der Waals surface area contributed by atoms with Gasteiger partial charge in [-0.05, 0) is 36.3 Å². The van der Waals surface area contributed by atoms with E-state index in [1.807, 2.05) is 31.2 Å². The van der Waals surface area contributed by atoms with Gasteiger partial charge in [-0.15, -0.1) is 0 Å². The standard InChI is InChI=1S/C17H18N2O3/c1-12-8-14-9-13(2-3-16(14)22-12)10-15(11-18)17(20)19-4-6-21-7-5-19/h2-3,9-10,12H,4-8H2,1H3/b15-10+. The zero-order valence-electron chi connectivity index (χ0n) is 12.5. The second-order valence-corrected chi connectivity index (χ2v) is 5.57. The lowest BCUT2D eigenvalue weighted by atomic mass is 10.0. The Morgan fingerprint density at radius 1 is 1.41 bits per heavy atom. The van der Waals surface area contributed by atoms with Crippen LogP contribution in [0.1, 0.15) is 18.1 Å². The summed E-state index contributed by atoms with van der Waals surface area (Å²) in [5.74, 6) is 0.665. The molecule has 1 aromatic carbocycles. The van der Waals surface area contributed by atoms with Gasteiger partial charge in [-0.2, -0.15) is 5.26 Å². The van der Waals surface area contributed by atoms with E-state index in [1.165, 1.54) is 0 Å². The summed E-state index contributed by atoms with van der Waals surface area (Å²) in [5.41, 5.74) is 2.14. The van der Waals surface area contributed by atoms with Gasteiger partial charge >= 0.3 is 0 Å². The Bertz CT molecular complexity index is 654. The van der Waals surface area contributed by atoms with Gasteiger partial charge in [0.15, 0.2) is 0 Å². The first-order valence-electron chi connectivity index (χ1n) is 7.46. The number of carbonyl (C=O) groups is 1. The number of benzene rings is 1. The third-order valence-electron chi connectivity index (χ3n) is 3.88. The van der Waals surface area contributed by atoms with E-state index in [2.05, 4.69) is 0 Å². The first-order chi connectivity index (χ1) is 10.7. The van der Waals surface area contributed by atoms with Crippen molar-refractivity contribution in [3.63, 3.8) is 0 Å². The minimum absolute atomic E-state index is 0.161. The zero-order chi connectivity index (χ0) is 15.5. The van der Waals surface area contributed by atoms with Crippen molar-refractivity contribution in [3.8, 4) is 11.8 Å². The van der Waals surface area contributed by atoms with Gasteiger partial charge in [-0.3, -0.25) is 4.79 Å². The molecule has 3 rings (SSSR count). The summed E-state index contributed by atoms with van der Waals surface area (Å²) in [6.45, 7) is 4.15. The lowest BCUT2D eigenvalue weighted by molar-refractivity contribution is -0.130. The molecule has 0 aromatic heterocycles. The zero-order valence-corrected chi connectivity index (χ0v) is 12.5. The van der Waals surface area contributed by atoms with Gasteiger partial charge in [0.05, 0.1) is 13.2 Å². The molecule has 0 radical (unpaired) electrons. The number of amides is 1.